The highest BCUT2D eigenvalue weighted by Crippen LogP contribution is 2.31. The Morgan fingerprint density at radius 1 is 1.00 bits per heavy atom. The van der Waals surface area contributed by atoms with Crippen molar-refractivity contribution in [2.75, 3.05) is 27.3 Å². The monoisotopic (exact) mass is 372 g/mol. The van der Waals surface area contributed by atoms with Gasteiger partial charge in [-0.25, -0.2) is 4.98 Å². The Kier molecular flexibility index (Phi) is 6.28. The summed E-state index contributed by atoms with van der Waals surface area (Å²) >= 11 is 6.24. The molecule has 0 atom stereocenters. The molecule has 3 rings (SSSR count). The molecule has 1 heterocycles. The minimum Gasteiger partial charge on any atom is -0.488 e. The molecule has 0 radical (unpaired) electrons. The average Bonchev–Trinajstić information content (AvgIpc) is 2.68. The van der Waals surface area contributed by atoms with Crippen LogP contribution in [0.5, 0.6) is 11.6 Å². The first-order valence-corrected chi connectivity index (χ1v) is 8.68. The van der Waals surface area contributed by atoms with Gasteiger partial charge in [0.05, 0.1) is 13.7 Å². The van der Waals surface area contributed by atoms with Gasteiger partial charge in [-0.15, -0.1) is 0 Å². The van der Waals surface area contributed by atoms with Gasteiger partial charge in [0.1, 0.15) is 19.0 Å². The van der Waals surface area contributed by atoms with E-state index in [1.165, 1.54) is 0 Å². The van der Waals surface area contributed by atoms with Crippen molar-refractivity contribution >= 4 is 22.4 Å². The topological polar surface area (TPSA) is 43.8 Å². The fourth-order valence-corrected chi connectivity index (χ4v) is 2.70. The first kappa shape index (κ1) is 18.5. The standard InChI is InChI=1S/C20H21ClN2O3/c1-23(24-2)11-12-25-20-10-7-15(13-22-20)14-26-19-9-8-18(21)16-5-3-4-6-17(16)19/h3-10,13H,11-12,14H2,1-2H3. The quantitative estimate of drug-likeness (QED) is 0.550. The lowest BCUT2D eigenvalue weighted by molar-refractivity contribution is -0.113. The number of ether oxygens (including phenoxy) is 2. The second kappa shape index (κ2) is 8.85. The number of hydroxylamine groups is 2. The van der Waals surface area contributed by atoms with Crippen LogP contribution in [0.4, 0.5) is 0 Å². The molecule has 0 bridgehead atoms. The molecule has 2 aromatic carbocycles. The molecule has 1 aromatic heterocycles. The first-order valence-electron chi connectivity index (χ1n) is 8.30. The number of benzene rings is 2. The number of aromatic nitrogens is 1. The summed E-state index contributed by atoms with van der Waals surface area (Å²) in [5.41, 5.74) is 0.963. The van der Waals surface area contributed by atoms with E-state index in [1.54, 1.807) is 18.4 Å². The van der Waals surface area contributed by atoms with Gasteiger partial charge < -0.3 is 14.3 Å². The maximum absolute atomic E-state index is 6.24. The molecule has 0 aliphatic heterocycles. The second-order valence-electron chi connectivity index (χ2n) is 5.77. The number of pyridine rings is 1. The van der Waals surface area contributed by atoms with Crippen LogP contribution in [0, 0.1) is 0 Å². The summed E-state index contributed by atoms with van der Waals surface area (Å²) in [6.45, 7) is 1.59. The molecule has 0 saturated carbocycles. The lowest BCUT2D eigenvalue weighted by Gasteiger charge is -2.13. The molecule has 0 spiro atoms. The van der Waals surface area contributed by atoms with Gasteiger partial charge in [0, 0.05) is 40.7 Å². The number of likely N-dealkylation sites (N-methyl/N-ethyl adjacent to an activating group) is 1. The number of rotatable bonds is 8. The third-order valence-corrected chi connectivity index (χ3v) is 4.32. The van der Waals surface area contributed by atoms with E-state index in [0.717, 1.165) is 27.1 Å². The number of hydrogen-bond acceptors (Lipinski definition) is 5. The zero-order valence-electron chi connectivity index (χ0n) is 14.8. The van der Waals surface area contributed by atoms with Crippen molar-refractivity contribution in [2.45, 2.75) is 6.61 Å². The molecule has 5 nitrogen and oxygen atoms in total. The van der Waals surface area contributed by atoms with Crippen LogP contribution in [0.2, 0.25) is 5.02 Å². The predicted molar refractivity (Wildman–Crippen MR) is 103 cm³/mol. The summed E-state index contributed by atoms with van der Waals surface area (Å²) in [5.74, 6) is 1.38. The molecular weight excluding hydrogens is 352 g/mol. The summed E-state index contributed by atoms with van der Waals surface area (Å²) in [7, 11) is 3.47. The maximum atomic E-state index is 6.24. The highest BCUT2D eigenvalue weighted by atomic mass is 35.5. The van der Waals surface area contributed by atoms with Crippen LogP contribution in [0.15, 0.2) is 54.7 Å². The molecule has 3 aromatic rings. The van der Waals surface area contributed by atoms with E-state index in [2.05, 4.69) is 4.98 Å². The van der Waals surface area contributed by atoms with E-state index in [9.17, 15) is 0 Å². The number of nitrogens with zero attached hydrogens (tertiary/aromatic N) is 2. The average molecular weight is 373 g/mol. The molecule has 6 heteroatoms. The minimum absolute atomic E-state index is 0.422. The van der Waals surface area contributed by atoms with Crippen LogP contribution in [0.25, 0.3) is 10.8 Å². The van der Waals surface area contributed by atoms with Crippen LogP contribution in [0.1, 0.15) is 5.56 Å². The molecular formula is C20H21ClN2O3. The smallest absolute Gasteiger partial charge is 0.213 e. The highest BCUT2D eigenvalue weighted by molar-refractivity contribution is 6.35. The fourth-order valence-electron chi connectivity index (χ4n) is 2.47. The van der Waals surface area contributed by atoms with Crippen LogP contribution in [-0.2, 0) is 11.4 Å². The van der Waals surface area contributed by atoms with Crippen molar-refractivity contribution in [2.24, 2.45) is 0 Å². The van der Waals surface area contributed by atoms with E-state index in [4.69, 9.17) is 25.9 Å². The van der Waals surface area contributed by atoms with Gasteiger partial charge in [-0.1, -0.05) is 35.9 Å². The van der Waals surface area contributed by atoms with E-state index in [0.29, 0.717) is 25.6 Å². The van der Waals surface area contributed by atoms with Crippen molar-refractivity contribution in [3.05, 3.63) is 65.3 Å². The van der Waals surface area contributed by atoms with Gasteiger partial charge in [0.2, 0.25) is 5.88 Å². The fraction of sp³-hybridized carbons (Fsp3) is 0.250. The molecule has 0 amide bonds. The van der Waals surface area contributed by atoms with E-state index < -0.39 is 0 Å². The molecule has 0 saturated heterocycles. The molecule has 0 aliphatic rings. The molecule has 0 unspecified atom stereocenters. The van der Waals surface area contributed by atoms with Crippen molar-refractivity contribution in [3.8, 4) is 11.6 Å². The van der Waals surface area contributed by atoms with E-state index >= 15 is 0 Å². The summed E-state index contributed by atoms with van der Waals surface area (Å²) < 4.78 is 11.5. The molecule has 0 aliphatic carbocycles. The molecule has 0 N–H and O–H groups in total. The van der Waals surface area contributed by atoms with Crippen molar-refractivity contribution in [1.29, 1.82) is 0 Å². The zero-order valence-corrected chi connectivity index (χ0v) is 15.6. The summed E-state index contributed by atoms with van der Waals surface area (Å²) in [6, 6.07) is 15.5. The van der Waals surface area contributed by atoms with Crippen molar-refractivity contribution in [1.82, 2.24) is 10.0 Å². The van der Waals surface area contributed by atoms with Gasteiger partial charge in [-0.3, -0.25) is 0 Å². The summed E-state index contributed by atoms with van der Waals surface area (Å²) in [4.78, 5) is 9.33. The Bertz CT molecular complexity index is 855. The minimum atomic E-state index is 0.422. The van der Waals surface area contributed by atoms with Crippen LogP contribution < -0.4 is 9.47 Å². The SMILES string of the molecule is CON(C)CCOc1ccc(COc2ccc(Cl)c3ccccc23)cn1. The predicted octanol–water partition coefficient (Wildman–Crippen LogP) is 4.34. The Hall–Kier alpha value is -2.34. The normalized spacial score (nSPS) is 11.1. The third kappa shape index (κ3) is 4.64. The third-order valence-electron chi connectivity index (χ3n) is 3.99. The first-order chi connectivity index (χ1) is 12.7. The molecule has 136 valence electrons. The van der Waals surface area contributed by atoms with Gasteiger partial charge in [0.15, 0.2) is 0 Å². The number of halogens is 1. The maximum Gasteiger partial charge on any atom is 0.213 e. The van der Waals surface area contributed by atoms with Crippen molar-refractivity contribution < 1.29 is 14.3 Å². The Balaban J connectivity index is 1.59. The molecule has 26 heavy (non-hydrogen) atoms. The van der Waals surface area contributed by atoms with Gasteiger partial charge >= 0.3 is 0 Å². The van der Waals surface area contributed by atoms with Gasteiger partial charge in [-0.2, -0.15) is 5.06 Å². The van der Waals surface area contributed by atoms with E-state index in [1.807, 2.05) is 55.6 Å². The summed E-state index contributed by atoms with van der Waals surface area (Å²) in [5, 5.41) is 4.39. The zero-order chi connectivity index (χ0) is 18.4. The lowest BCUT2D eigenvalue weighted by atomic mass is 10.1. The van der Waals surface area contributed by atoms with Crippen LogP contribution in [0.3, 0.4) is 0 Å². The van der Waals surface area contributed by atoms with Gasteiger partial charge in [-0.05, 0) is 18.2 Å². The number of fused-ring (bicyclic) bond motifs is 1. The Morgan fingerprint density at radius 3 is 2.54 bits per heavy atom. The van der Waals surface area contributed by atoms with Crippen LogP contribution in [-0.4, -0.2) is 37.4 Å². The van der Waals surface area contributed by atoms with Gasteiger partial charge in [0.25, 0.3) is 0 Å². The highest BCUT2D eigenvalue weighted by Gasteiger charge is 2.06. The number of hydrogen-bond donors (Lipinski definition) is 0. The summed E-state index contributed by atoms with van der Waals surface area (Å²) in [6.07, 6.45) is 1.76. The lowest BCUT2D eigenvalue weighted by Crippen LogP contribution is -2.23. The molecule has 0 fully saturated rings. The van der Waals surface area contributed by atoms with E-state index in [-0.39, 0.29) is 0 Å². The largest absolute Gasteiger partial charge is 0.488 e. The van der Waals surface area contributed by atoms with Crippen LogP contribution >= 0.6 is 11.6 Å². The second-order valence-corrected chi connectivity index (χ2v) is 6.17. The Morgan fingerprint density at radius 2 is 1.81 bits per heavy atom. The Labute approximate surface area is 158 Å². The van der Waals surface area contributed by atoms with Crippen molar-refractivity contribution in [3.63, 3.8) is 0 Å².